The number of carboxylic acids is 1. The van der Waals surface area contributed by atoms with Gasteiger partial charge >= 0.3 is 5.97 Å². The Kier molecular flexibility index (Phi) is 3.28. The van der Waals surface area contributed by atoms with E-state index in [9.17, 15) is 4.79 Å². The molecule has 0 saturated heterocycles. The molecule has 0 spiro atoms. The molecule has 0 aliphatic heterocycles. The maximum Gasteiger partial charge on any atom is 0.306 e. The second kappa shape index (κ2) is 5.10. The second-order valence-electron chi connectivity index (χ2n) is 5.36. The minimum absolute atomic E-state index is 0.0788. The van der Waals surface area contributed by atoms with E-state index < -0.39 is 5.97 Å². The molecule has 0 aromatic heterocycles. The summed E-state index contributed by atoms with van der Waals surface area (Å²) in [6.45, 7) is 0. The van der Waals surface area contributed by atoms with Gasteiger partial charge in [0.05, 0.1) is 5.92 Å². The third kappa shape index (κ3) is 2.45. The zero-order valence-electron chi connectivity index (χ0n) is 11.1. The SMILES string of the molecule is NC(c1ccc(-c2ccccc2)cc1)C1CC1C(=O)O. The van der Waals surface area contributed by atoms with E-state index in [1.807, 2.05) is 42.5 Å². The van der Waals surface area contributed by atoms with Crippen molar-refractivity contribution < 1.29 is 9.90 Å². The largest absolute Gasteiger partial charge is 0.481 e. The van der Waals surface area contributed by atoms with Gasteiger partial charge in [0.2, 0.25) is 0 Å². The molecule has 3 N–H and O–H groups in total. The van der Waals surface area contributed by atoms with E-state index in [0.29, 0.717) is 6.42 Å². The van der Waals surface area contributed by atoms with Gasteiger partial charge in [-0.2, -0.15) is 0 Å². The van der Waals surface area contributed by atoms with E-state index in [2.05, 4.69) is 12.1 Å². The highest BCUT2D eigenvalue weighted by Gasteiger charge is 2.47. The summed E-state index contributed by atoms with van der Waals surface area (Å²) in [6.07, 6.45) is 0.691. The van der Waals surface area contributed by atoms with E-state index in [1.165, 1.54) is 5.56 Å². The smallest absolute Gasteiger partial charge is 0.306 e. The fourth-order valence-corrected chi connectivity index (χ4v) is 2.67. The third-order valence-corrected chi connectivity index (χ3v) is 4.02. The molecule has 0 amide bonds. The van der Waals surface area contributed by atoms with Crippen molar-refractivity contribution in [2.24, 2.45) is 17.6 Å². The molecule has 1 saturated carbocycles. The summed E-state index contributed by atoms with van der Waals surface area (Å²) in [5.74, 6) is -0.916. The summed E-state index contributed by atoms with van der Waals surface area (Å²) in [7, 11) is 0. The average molecular weight is 267 g/mol. The van der Waals surface area contributed by atoms with Gasteiger partial charge in [0, 0.05) is 6.04 Å². The van der Waals surface area contributed by atoms with Crippen LogP contribution < -0.4 is 5.73 Å². The van der Waals surface area contributed by atoms with Crippen LogP contribution in [0.25, 0.3) is 11.1 Å². The van der Waals surface area contributed by atoms with E-state index in [1.54, 1.807) is 0 Å². The summed E-state index contributed by atoms with van der Waals surface area (Å²) in [5, 5.41) is 8.96. The molecule has 1 fully saturated rings. The molecule has 20 heavy (non-hydrogen) atoms. The normalized spacial score (nSPS) is 22.2. The van der Waals surface area contributed by atoms with Crippen molar-refractivity contribution in [1.82, 2.24) is 0 Å². The van der Waals surface area contributed by atoms with E-state index in [4.69, 9.17) is 10.8 Å². The van der Waals surface area contributed by atoms with Gasteiger partial charge in [0.15, 0.2) is 0 Å². The summed E-state index contributed by atoms with van der Waals surface area (Å²) in [6, 6.07) is 18.1. The highest BCUT2D eigenvalue weighted by Crippen LogP contribution is 2.46. The van der Waals surface area contributed by atoms with Gasteiger partial charge in [-0.15, -0.1) is 0 Å². The van der Waals surface area contributed by atoms with Crippen molar-refractivity contribution in [3.05, 3.63) is 60.2 Å². The molecule has 1 aliphatic rings. The van der Waals surface area contributed by atoms with Crippen LogP contribution >= 0.6 is 0 Å². The summed E-state index contributed by atoms with van der Waals surface area (Å²) < 4.78 is 0. The molecule has 2 aromatic rings. The molecule has 0 radical (unpaired) electrons. The number of rotatable bonds is 4. The minimum Gasteiger partial charge on any atom is -0.481 e. The molecular weight excluding hydrogens is 250 g/mol. The first kappa shape index (κ1) is 12.9. The summed E-state index contributed by atoms with van der Waals surface area (Å²) >= 11 is 0. The maximum absolute atomic E-state index is 10.9. The lowest BCUT2D eigenvalue weighted by atomic mass is 9.98. The van der Waals surface area contributed by atoms with Gasteiger partial charge < -0.3 is 10.8 Å². The molecule has 3 rings (SSSR count). The Morgan fingerprint density at radius 1 is 1.05 bits per heavy atom. The van der Waals surface area contributed by atoms with Crippen LogP contribution in [0.1, 0.15) is 18.0 Å². The van der Waals surface area contributed by atoms with E-state index >= 15 is 0 Å². The number of aliphatic carboxylic acids is 1. The monoisotopic (exact) mass is 267 g/mol. The Morgan fingerprint density at radius 2 is 1.65 bits per heavy atom. The van der Waals surface area contributed by atoms with Gasteiger partial charge in [-0.3, -0.25) is 4.79 Å². The lowest BCUT2D eigenvalue weighted by molar-refractivity contribution is -0.138. The topological polar surface area (TPSA) is 63.3 Å². The molecule has 102 valence electrons. The first-order chi connectivity index (χ1) is 9.66. The summed E-state index contributed by atoms with van der Waals surface area (Å²) in [5.41, 5.74) is 9.48. The van der Waals surface area contributed by atoms with Gasteiger partial charge in [0.25, 0.3) is 0 Å². The number of hydrogen-bond donors (Lipinski definition) is 2. The maximum atomic E-state index is 10.9. The first-order valence-electron chi connectivity index (χ1n) is 6.80. The van der Waals surface area contributed by atoms with Crippen LogP contribution in [-0.4, -0.2) is 11.1 Å². The van der Waals surface area contributed by atoms with Crippen LogP contribution in [-0.2, 0) is 4.79 Å². The Labute approximate surface area is 118 Å². The standard InChI is InChI=1S/C17H17NO2/c18-16(14-10-15(14)17(19)20)13-8-6-12(7-9-13)11-4-2-1-3-5-11/h1-9,14-16H,10,18H2,(H,19,20). The number of carbonyl (C=O) groups is 1. The van der Waals surface area contributed by atoms with Gasteiger partial charge in [-0.25, -0.2) is 0 Å². The molecule has 2 aromatic carbocycles. The molecule has 0 heterocycles. The van der Waals surface area contributed by atoms with E-state index in [-0.39, 0.29) is 17.9 Å². The average Bonchev–Trinajstić information content (AvgIpc) is 3.28. The van der Waals surface area contributed by atoms with Gasteiger partial charge in [-0.1, -0.05) is 54.6 Å². The Bertz CT molecular complexity index is 607. The molecular formula is C17H17NO2. The first-order valence-corrected chi connectivity index (χ1v) is 6.80. The number of hydrogen-bond acceptors (Lipinski definition) is 2. The van der Waals surface area contributed by atoms with Crippen molar-refractivity contribution in [3.63, 3.8) is 0 Å². The fraction of sp³-hybridized carbons (Fsp3) is 0.235. The fourth-order valence-electron chi connectivity index (χ4n) is 2.67. The Morgan fingerprint density at radius 3 is 2.20 bits per heavy atom. The van der Waals surface area contributed by atoms with Crippen LogP contribution in [0.3, 0.4) is 0 Å². The number of nitrogens with two attached hydrogens (primary N) is 1. The van der Waals surface area contributed by atoms with Crippen molar-refractivity contribution in [2.75, 3.05) is 0 Å². The van der Waals surface area contributed by atoms with Gasteiger partial charge in [-0.05, 0) is 29.0 Å². The lowest BCUT2D eigenvalue weighted by Gasteiger charge is -2.12. The third-order valence-electron chi connectivity index (χ3n) is 4.02. The number of carboxylic acid groups (broad SMARTS) is 1. The van der Waals surface area contributed by atoms with E-state index in [0.717, 1.165) is 11.1 Å². The molecule has 3 unspecified atom stereocenters. The zero-order chi connectivity index (χ0) is 14.1. The minimum atomic E-state index is -0.730. The lowest BCUT2D eigenvalue weighted by Crippen LogP contribution is -2.15. The second-order valence-corrected chi connectivity index (χ2v) is 5.36. The predicted molar refractivity (Wildman–Crippen MR) is 78.0 cm³/mol. The van der Waals surface area contributed by atoms with Crippen LogP contribution in [0, 0.1) is 11.8 Å². The molecule has 3 nitrogen and oxygen atoms in total. The molecule has 3 atom stereocenters. The van der Waals surface area contributed by atoms with Crippen molar-refractivity contribution in [2.45, 2.75) is 12.5 Å². The van der Waals surface area contributed by atoms with Gasteiger partial charge in [0.1, 0.15) is 0 Å². The van der Waals surface area contributed by atoms with Crippen LogP contribution in [0.15, 0.2) is 54.6 Å². The van der Waals surface area contributed by atoms with Crippen molar-refractivity contribution in [3.8, 4) is 11.1 Å². The predicted octanol–water partition coefficient (Wildman–Crippen LogP) is 3.07. The summed E-state index contributed by atoms with van der Waals surface area (Å²) in [4.78, 5) is 10.9. The zero-order valence-corrected chi connectivity index (χ0v) is 11.1. The highest BCUT2D eigenvalue weighted by atomic mass is 16.4. The van der Waals surface area contributed by atoms with Crippen LogP contribution in [0.5, 0.6) is 0 Å². The highest BCUT2D eigenvalue weighted by molar-refractivity contribution is 5.73. The van der Waals surface area contributed by atoms with Crippen molar-refractivity contribution >= 4 is 5.97 Å². The molecule has 3 heteroatoms. The van der Waals surface area contributed by atoms with Crippen LogP contribution in [0.2, 0.25) is 0 Å². The van der Waals surface area contributed by atoms with Crippen LogP contribution in [0.4, 0.5) is 0 Å². The number of benzene rings is 2. The van der Waals surface area contributed by atoms with Crippen molar-refractivity contribution in [1.29, 1.82) is 0 Å². The Hall–Kier alpha value is -2.13. The molecule has 0 bridgehead atoms. The quantitative estimate of drug-likeness (QED) is 0.894. The molecule has 1 aliphatic carbocycles. The Balaban J connectivity index is 1.75.